The maximum atomic E-state index is 5.43. The maximum Gasteiger partial charge on any atom is 0.169 e. The van der Waals surface area contributed by atoms with E-state index in [0.717, 1.165) is 6.42 Å². The van der Waals surface area contributed by atoms with Gasteiger partial charge in [0.25, 0.3) is 0 Å². The molecule has 0 N–H and O–H groups in total. The van der Waals surface area contributed by atoms with Crippen molar-refractivity contribution in [3.63, 3.8) is 0 Å². The highest BCUT2D eigenvalue weighted by atomic mass is 35.5. The van der Waals surface area contributed by atoms with Crippen LogP contribution in [0.1, 0.15) is 13.3 Å². The van der Waals surface area contributed by atoms with E-state index < -0.39 is 0 Å². The molecule has 0 aliphatic carbocycles. The van der Waals surface area contributed by atoms with Crippen molar-refractivity contribution < 1.29 is 4.74 Å². The van der Waals surface area contributed by atoms with Crippen molar-refractivity contribution in [3.8, 4) is 0 Å². The van der Waals surface area contributed by atoms with Gasteiger partial charge in [0, 0.05) is 0 Å². The van der Waals surface area contributed by atoms with Crippen LogP contribution in [0.25, 0.3) is 0 Å². The fourth-order valence-corrected chi connectivity index (χ4v) is 0.325. The Hall–Kier alpha value is -0.430. The normalized spacial score (nSPS) is 13.6. The highest BCUT2D eigenvalue weighted by Gasteiger charge is 1.87. The van der Waals surface area contributed by atoms with Gasteiger partial charge in [0.15, 0.2) is 11.8 Å². The molecule has 0 saturated carbocycles. The molecule has 0 bridgehead atoms. The zero-order valence-electron chi connectivity index (χ0n) is 5.43. The molecule has 9 heavy (non-hydrogen) atoms. The zero-order chi connectivity index (χ0) is 7.11. The summed E-state index contributed by atoms with van der Waals surface area (Å²) in [6, 6.07) is 0. The van der Waals surface area contributed by atoms with Gasteiger partial charge in [0.1, 0.15) is 0 Å². The quantitative estimate of drug-likeness (QED) is 0.336. The minimum Gasteiger partial charge on any atom is -0.471 e. The van der Waals surface area contributed by atoms with Crippen LogP contribution in [-0.2, 0) is 4.74 Å². The van der Waals surface area contributed by atoms with Gasteiger partial charge in [0.2, 0.25) is 0 Å². The molecule has 0 fully saturated rings. The van der Waals surface area contributed by atoms with Gasteiger partial charge in [-0.3, -0.25) is 0 Å². The van der Waals surface area contributed by atoms with E-state index in [0.29, 0.717) is 0 Å². The second-order valence-electron chi connectivity index (χ2n) is 1.51. The summed E-state index contributed by atoms with van der Waals surface area (Å²) >= 11 is 5.43. The molecule has 51 valence electrons. The van der Waals surface area contributed by atoms with E-state index in [1.165, 1.54) is 0 Å². The van der Waals surface area contributed by atoms with Crippen LogP contribution in [0.5, 0.6) is 0 Å². The lowest BCUT2D eigenvalue weighted by molar-refractivity contribution is 0.211. The molecule has 0 aliphatic rings. The predicted molar refractivity (Wildman–Crippen MR) is 39.0 cm³/mol. The summed E-state index contributed by atoms with van der Waals surface area (Å²) in [6.07, 6.45) is 6.81. The molecule has 0 saturated heterocycles. The molecule has 1 radical (unpaired) electrons. The summed E-state index contributed by atoms with van der Waals surface area (Å²) in [5.41, 5.74) is -0.300. The van der Waals surface area contributed by atoms with Crippen LogP contribution >= 0.6 is 11.6 Å². The van der Waals surface area contributed by atoms with Crippen LogP contribution in [0.2, 0.25) is 0 Å². The molecule has 0 spiro atoms. The Morgan fingerprint density at radius 2 is 2.56 bits per heavy atom. The standard InChI is InChI=1S/C7H10ClO/c1-3-4-5-6-9-7(2)8/h3,5,7H,1,4H2,2H3. The summed E-state index contributed by atoms with van der Waals surface area (Å²) in [5.74, 6) is 0. The Morgan fingerprint density at radius 3 is 3.00 bits per heavy atom. The average Bonchev–Trinajstić information content (AvgIpc) is 1.80. The van der Waals surface area contributed by atoms with Gasteiger partial charge in [-0.1, -0.05) is 17.7 Å². The average molecular weight is 146 g/mol. The van der Waals surface area contributed by atoms with Gasteiger partial charge in [-0.2, -0.15) is 0 Å². The Bertz CT molecular complexity index is 97.1. The fraction of sp³-hybridized carbons (Fsp3) is 0.429. The van der Waals surface area contributed by atoms with Gasteiger partial charge in [0.05, 0.1) is 0 Å². The van der Waals surface area contributed by atoms with Gasteiger partial charge < -0.3 is 4.74 Å². The van der Waals surface area contributed by atoms with Crippen LogP contribution in [0.3, 0.4) is 0 Å². The first-order valence-corrected chi connectivity index (χ1v) is 3.19. The molecule has 2 heteroatoms. The molecule has 1 atom stereocenters. The Labute approximate surface area is 61.0 Å². The van der Waals surface area contributed by atoms with Crippen molar-refractivity contribution in [2.75, 3.05) is 0 Å². The Morgan fingerprint density at radius 1 is 1.89 bits per heavy atom. The maximum absolute atomic E-state index is 5.43. The number of ether oxygens (including phenoxy) is 1. The minimum atomic E-state index is -0.300. The third-order valence-corrected chi connectivity index (χ3v) is 0.687. The van der Waals surface area contributed by atoms with Crippen LogP contribution in [0, 0.1) is 6.26 Å². The van der Waals surface area contributed by atoms with E-state index in [1.54, 1.807) is 19.1 Å². The van der Waals surface area contributed by atoms with Crippen molar-refractivity contribution in [3.05, 3.63) is 25.0 Å². The summed E-state index contributed by atoms with van der Waals surface area (Å²) in [4.78, 5) is 0. The number of allylic oxidation sites excluding steroid dienone is 2. The number of hydrogen-bond acceptors (Lipinski definition) is 1. The first-order valence-electron chi connectivity index (χ1n) is 2.75. The molecule has 1 unspecified atom stereocenters. The van der Waals surface area contributed by atoms with Gasteiger partial charge in [-0.15, -0.1) is 6.58 Å². The fourth-order valence-electron chi connectivity index (χ4n) is 0.273. The monoisotopic (exact) mass is 145 g/mol. The highest BCUT2D eigenvalue weighted by Crippen LogP contribution is 1.95. The number of halogens is 1. The Kier molecular flexibility index (Phi) is 5.43. The lowest BCUT2D eigenvalue weighted by Gasteiger charge is -1.97. The van der Waals surface area contributed by atoms with Crippen LogP contribution in [0.15, 0.2) is 18.7 Å². The van der Waals surface area contributed by atoms with E-state index in [2.05, 4.69) is 12.8 Å². The summed E-state index contributed by atoms with van der Waals surface area (Å²) in [7, 11) is 0. The van der Waals surface area contributed by atoms with Crippen molar-refractivity contribution >= 4 is 11.6 Å². The smallest absolute Gasteiger partial charge is 0.169 e. The number of rotatable bonds is 4. The van der Waals surface area contributed by atoms with E-state index in [4.69, 9.17) is 16.3 Å². The summed E-state index contributed by atoms with van der Waals surface area (Å²) in [6.45, 7) is 5.25. The lowest BCUT2D eigenvalue weighted by Crippen LogP contribution is -1.90. The van der Waals surface area contributed by atoms with Gasteiger partial charge in [-0.05, 0) is 19.4 Å². The molecule has 1 nitrogen and oxygen atoms in total. The molecule has 0 rings (SSSR count). The molecular weight excluding hydrogens is 136 g/mol. The van der Waals surface area contributed by atoms with Crippen LogP contribution < -0.4 is 0 Å². The van der Waals surface area contributed by atoms with Gasteiger partial charge in [-0.25, -0.2) is 0 Å². The lowest BCUT2D eigenvalue weighted by atomic mass is 10.4. The second-order valence-corrected chi connectivity index (χ2v) is 2.12. The first kappa shape index (κ1) is 8.57. The van der Waals surface area contributed by atoms with Crippen LogP contribution in [0.4, 0.5) is 0 Å². The van der Waals surface area contributed by atoms with Crippen LogP contribution in [-0.4, -0.2) is 5.56 Å². The van der Waals surface area contributed by atoms with Gasteiger partial charge >= 0.3 is 0 Å². The number of hydrogen-bond donors (Lipinski definition) is 0. The topological polar surface area (TPSA) is 9.23 Å². The van der Waals surface area contributed by atoms with E-state index in [9.17, 15) is 0 Å². The third-order valence-electron chi connectivity index (χ3n) is 0.598. The molecule has 0 amide bonds. The molecule has 0 aromatic carbocycles. The summed E-state index contributed by atoms with van der Waals surface area (Å²) in [5, 5.41) is 0. The largest absolute Gasteiger partial charge is 0.471 e. The van der Waals surface area contributed by atoms with E-state index >= 15 is 0 Å². The molecule has 0 heterocycles. The minimum absolute atomic E-state index is 0.300. The third kappa shape index (κ3) is 7.57. The second kappa shape index (κ2) is 5.70. The zero-order valence-corrected chi connectivity index (χ0v) is 6.19. The van der Waals surface area contributed by atoms with Crippen molar-refractivity contribution in [2.24, 2.45) is 0 Å². The van der Waals surface area contributed by atoms with E-state index in [1.807, 2.05) is 0 Å². The molecular formula is C7H10ClO. The molecule has 0 aromatic rings. The van der Waals surface area contributed by atoms with Crippen molar-refractivity contribution in [2.45, 2.75) is 18.9 Å². The SMILES string of the molecule is C=CC/C=[C]\OC(C)Cl. The van der Waals surface area contributed by atoms with E-state index in [-0.39, 0.29) is 5.56 Å². The molecule has 0 aromatic heterocycles. The highest BCUT2D eigenvalue weighted by molar-refractivity contribution is 6.19. The number of alkyl halides is 1. The molecule has 0 aliphatic heterocycles. The van der Waals surface area contributed by atoms with Crippen molar-refractivity contribution in [1.29, 1.82) is 0 Å². The summed E-state index contributed by atoms with van der Waals surface area (Å²) < 4.78 is 4.76. The predicted octanol–water partition coefficient (Wildman–Crippen LogP) is 2.48. The Balaban J connectivity index is 3.14. The van der Waals surface area contributed by atoms with Crippen molar-refractivity contribution in [1.82, 2.24) is 0 Å². The first-order chi connectivity index (χ1) is 4.27.